The molecule has 0 unspecified atom stereocenters. The van der Waals surface area contributed by atoms with Crippen molar-refractivity contribution in [2.45, 2.75) is 9.65 Å². The molecular weight excluding hydrogens is 330 g/mol. The second-order valence-electron chi connectivity index (χ2n) is 2.95. The number of hydrogen-bond acceptors (Lipinski definition) is 3. The fourth-order valence-electron chi connectivity index (χ4n) is 1.08. The molecular formula is C9H9Br2NO3. The number of rotatable bonds is 4. The largest absolute Gasteiger partial charge is 0.395 e. The van der Waals surface area contributed by atoms with Gasteiger partial charge < -0.3 is 5.11 Å². The molecule has 0 saturated heterocycles. The van der Waals surface area contributed by atoms with Crippen LogP contribution in [0.25, 0.3) is 0 Å². The molecule has 82 valence electrons. The van der Waals surface area contributed by atoms with Gasteiger partial charge in [0.05, 0.1) is 21.2 Å². The molecule has 0 bridgehead atoms. The number of alkyl halides is 2. The van der Waals surface area contributed by atoms with Crippen LogP contribution in [0.2, 0.25) is 0 Å². The fraction of sp³-hybridized carbons (Fsp3) is 0.333. The van der Waals surface area contributed by atoms with E-state index in [1.165, 1.54) is 12.1 Å². The van der Waals surface area contributed by atoms with Gasteiger partial charge in [0, 0.05) is 12.1 Å². The minimum atomic E-state index is -0.440. The maximum atomic E-state index is 10.4. The number of nitro benzene ring substituents is 1. The zero-order valence-corrected chi connectivity index (χ0v) is 10.8. The summed E-state index contributed by atoms with van der Waals surface area (Å²) >= 11 is 6.69. The maximum absolute atomic E-state index is 10.4. The van der Waals surface area contributed by atoms with Crippen molar-refractivity contribution in [3.8, 4) is 0 Å². The molecule has 0 aliphatic rings. The smallest absolute Gasteiger partial charge is 0.269 e. The number of non-ortho nitro benzene ring substituents is 1. The first-order valence-electron chi connectivity index (χ1n) is 4.19. The van der Waals surface area contributed by atoms with Gasteiger partial charge in [-0.05, 0) is 5.56 Å². The van der Waals surface area contributed by atoms with E-state index in [0.717, 1.165) is 5.56 Å². The third-order valence-corrected chi connectivity index (χ3v) is 4.61. The molecule has 4 nitrogen and oxygen atoms in total. The molecule has 0 amide bonds. The van der Waals surface area contributed by atoms with Crippen LogP contribution < -0.4 is 0 Å². The van der Waals surface area contributed by atoms with Gasteiger partial charge in [-0.1, -0.05) is 44.0 Å². The van der Waals surface area contributed by atoms with Gasteiger partial charge in [-0.15, -0.1) is 0 Å². The number of benzene rings is 1. The van der Waals surface area contributed by atoms with Crippen molar-refractivity contribution in [3.63, 3.8) is 0 Å². The van der Waals surface area contributed by atoms with E-state index in [0.29, 0.717) is 0 Å². The molecule has 1 aromatic carbocycles. The first kappa shape index (κ1) is 12.6. The SMILES string of the molecule is O=[N+]([O-])c1ccc([C@@H](Br)[C@H](Br)CO)cc1. The van der Waals surface area contributed by atoms with Gasteiger partial charge in [0.15, 0.2) is 0 Å². The van der Waals surface area contributed by atoms with Gasteiger partial charge in [0.1, 0.15) is 0 Å². The van der Waals surface area contributed by atoms with Gasteiger partial charge in [-0.3, -0.25) is 10.1 Å². The van der Waals surface area contributed by atoms with Crippen LogP contribution in [0.1, 0.15) is 10.4 Å². The summed E-state index contributed by atoms with van der Waals surface area (Å²) in [6, 6.07) is 6.23. The Bertz CT molecular complexity index is 342. The van der Waals surface area contributed by atoms with Crippen LogP contribution in [-0.4, -0.2) is 21.5 Å². The minimum Gasteiger partial charge on any atom is -0.395 e. The topological polar surface area (TPSA) is 63.4 Å². The summed E-state index contributed by atoms with van der Waals surface area (Å²) in [5.74, 6) is 0. The first-order valence-corrected chi connectivity index (χ1v) is 6.02. The minimum absolute atomic E-state index is 0.00704. The van der Waals surface area contributed by atoms with Crippen molar-refractivity contribution < 1.29 is 10.0 Å². The van der Waals surface area contributed by atoms with E-state index < -0.39 is 4.92 Å². The van der Waals surface area contributed by atoms with Gasteiger partial charge in [-0.2, -0.15) is 0 Å². The molecule has 1 rings (SSSR count). The molecule has 0 radical (unpaired) electrons. The van der Waals surface area contributed by atoms with E-state index in [2.05, 4.69) is 31.9 Å². The molecule has 0 aliphatic carbocycles. The van der Waals surface area contributed by atoms with Crippen molar-refractivity contribution in [2.24, 2.45) is 0 Å². The van der Waals surface area contributed by atoms with Crippen LogP contribution in [0.5, 0.6) is 0 Å². The first-order chi connectivity index (χ1) is 7.06. The normalized spacial score (nSPS) is 14.6. The lowest BCUT2D eigenvalue weighted by Crippen LogP contribution is -2.10. The van der Waals surface area contributed by atoms with Crippen molar-refractivity contribution in [2.75, 3.05) is 6.61 Å². The summed E-state index contributed by atoms with van der Waals surface area (Å²) in [6.45, 7) is -0.00704. The Labute approximate surface area is 104 Å². The van der Waals surface area contributed by atoms with Gasteiger partial charge in [0.25, 0.3) is 5.69 Å². The van der Waals surface area contributed by atoms with E-state index in [9.17, 15) is 10.1 Å². The monoisotopic (exact) mass is 337 g/mol. The number of halogens is 2. The second kappa shape index (κ2) is 5.58. The van der Waals surface area contributed by atoms with Crippen LogP contribution in [0.3, 0.4) is 0 Å². The predicted octanol–water partition coefficient (Wildman–Crippen LogP) is 2.79. The Morgan fingerprint density at radius 2 is 1.87 bits per heavy atom. The van der Waals surface area contributed by atoms with E-state index in [1.807, 2.05) is 0 Å². The second-order valence-corrected chi connectivity index (χ2v) is 5.11. The molecule has 0 spiro atoms. The molecule has 15 heavy (non-hydrogen) atoms. The zero-order valence-electron chi connectivity index (χ0n) is 7.64. The summed E-state index contributed by atoms with van der Waals surface area (Å²) in [6.07, 6.45) is 0. The molecule has 2 atom stereocenters. The standard InChI is InChI=1S/C9H9Br2NO3/c10-8(5-13)9(11)6-1-3-7(4-2-6)12(14)15/h1-4,8-9,13H,5H2/t8-,9-/m1/s1. The molecule has 6 heteroatoms. The number of nitrogens with zero attached hydrogens (tertiary/aromatic N) is 1. The molecule has 0 fully saturated rings. The predicted molar refractivity (Wildman–Crippen MR) is 64.6 cm³/mol. The number of hydrogen-bond donors (Lipinski definition) is 1. The van der Waals surface area contributed by atoms with Crippen molar-refractivity contribution in [1.82, 2.24) is 0 Å². The Hall–Kier alpha value is -0.460. The van der Waals surface area contributed by atoms with Crippen molar-refractivity contribution in [1.29, 1.82) is 0 Å². The molecule has 1 N–H and O–H groups in total. The third-order valence-electron chi connectivity index (χ3n) is 1.91. The zero-order chi connectivity index (χ0) is 11.4. The Kier molecular flexibility index (Phi) is 4.69. The highest BCUT2D eigenvalue weighted by molar-refractivity contribution is 9.12. The fourth-order valence-corrected chi connectivity index (χ4v) is 1.86. The summed E-state index contributed by atoms with van der Waals surface area (Å²) in [4.78, 5) is 9.80. The lowest BCUT2D eigenvalue weighted by atomic mass is 10.1. The highest BCUT2D eigenvalue weighted by Gasteiger charge is 2.17. The van der Waals surface area contributed by atoms with Crippen LogP contribution in [0, 0.1) is 10.1 Å². The highest BCUT2D eigenvalue weighted by Crippen LogP contribution is 2.31. The Morgan fingerprint density at radius 3 is 2.27 bits per heavy atom. The maximum Gasteiger partial charge on any atom is 0.269 e. The Morgan fingerprint density at radius 1 is 1.33 bits per heavy atom. The molecule has 0 heterocycles. The van der Waals surface area contributed by atoms with E-state index in [1.54, 1.807) is 12.1 Å². The highest BCUT2D eigenvalue weighted by atomic mass is 79.9. The van der Waals surface area contributed by atoms with Crippen molar-refractivity contribution in [3.05, 3.63) is 39.9 Å². The van der Waals surface area contributed by atoms with E-state index >= 15 is 0 Å². The summed E-state index contributed by atoms with van der Waals surface area (Å²) in [7, 11) is 0. The lowest BCUT2D eigenvalue weighted by molar-refractivity contribution is -0.384. The lowest BCUT2D eigenvalue weighted by Gasteiger charge is -2.14. The third kappa shape index (κ3) is 3.25. The summed E-state index contributed by atoms with van der Waals surface area (Å²) < 4.78 is 0. The van der Waals surface area contributed by atoms with Crippen LogP contribution in [-0.2, 0) is 0 Å². The van der Waals surface area contributed by atoms with Crippen LogP contribution in [0.15, 0.2) is 24.3 Å². The number of nitro groups is 1. The average molecular weight is 339 g/mol. The average Bonchev–Trinajstić information content (AvgIpc) is 2.27. The molecule has 0 aliphatic heterocycles. The molecule has 1 aromatic rings. The van der Waals surface area contributed by atoms with Crippen LogP contribution >= 0.6 is 31.9 Å². The summed E-state index contributed by atoms with van der Waals surface area (Å²) in [5.41, 5.74) is 0.949. The quantitative estimate of drug-likeness (QED) is 0.521. The van der Waals surface area contributed by atoms with Gasteiger partial charge in [0.2, 0.25) is 0 Å². The van der Waals surface area contributed by atoms with Crippen molar-refractivity contribution >= 4 is 37.5 Å². The van der Waals surface area contributed by atoms with E-state index in [-0.39, 0.29) is 21.9 Å². The number of aliphatic hydroxyl groups excluding tert-OH is 1. The summed E-state index contributed by atoms with van der Waals surface area (Å²) in [5, 5.41) is 19.3. The van der Waals surface area contributed by atoms with Gasteiger partial charge >= 0.3 is 0 Å². The molecule has 0 saturated carbocycles. The number of aliphatic hydroxyl groups is 1. The molecule has 0 aromatic heterocycles. The van der Waals surface area contributed by atoms with Crippen LogP contribution in [0.4, 0.5) is 5.69 Å². The Balaban J connectivity index is 2.84. The van der Waals surface area contributed by atoms with E-state index in [4.69, 9.17) is 5.11 Å². The van der Waals surface area contributed by atoms with Gasteiger partial charge in [-0.25, -0.2) is 0 Å².